The van der Waals surface area contributed by atoms with Crippen LogP contribution in [0.15, 0.2) is 47.4 Å². The van der Waals surface area contributed by atoms with Gasteiger partial charge in [-0.05, 0) is 68.7 Å². The second kappa shape index (κ2) is 10.0. The molecule has 184 valence electrons. The van der Waals surface area contributed by atoms with Crippen LogP contribution in [0.1, 0.15) is 47.5 Å². The molecule has 0 bridgehead atoms. The Hall–Kier alpha value is -3.07. The van der Waals surface area contributed by atoms with E-state index in [-0.39, 0.29) is 23.3 Å². The monoisotopic (exact) mass is 487 g/mol. The molecule has 2 amide bonds. The predicted molar refractivity (Wildman–Crippen MR) is 134 cm³/mol. The van der Waals surface area contributed by atoms with E-state index in [1.165, 1.54) is 12.1 Å². The molecule has 0 saturated carbocycles. The lowest BCUT2D eigenvalue weighted by Crippen LogP contribution is -2.42. The summed E-state index contributed by atoms with van der Waals surface area (Å²) in [5.74, 6) is 0.731. The number of carbonyl (C=O) groups excluding carboxylic acids is 2. The third-order valence-corrected chi connectivity index (χ3v) is 7.01. The fourth-order valence-corrected chi connectivity index (χ4v) is 4.55. The normalized spacial score (nSPS) is 15.4. The Kier molecular flexibility index (Phi) is 7.55. The molecular formula is C25H33N3O5S. The Balaban J connectivity index is 1.88. The van der Waals surface area contributed by atoms with Crippen LogP contribution in [-0.2, 0) is 19.6 Å². The first-order chi connectivity index (χ1) is 15.9. The van der Waals surface area contributed by atoms with E-state index in [0.29, 0.717) is 41.7 Å². The Morgan fingerprint density at radius 1 is 1.12 bits per heavy atom. The lowest BCUT2D eigenvalue weighted by Gasteiger charge is -2.28. The Morgan fingerprint density at radius 3 is 2.38 bits per heavy atom. The van der Waals surface area contributed by atoms with Gasteiger partial charge in [-0.3, -0.25) is 14.3 Å². The highest BCUT2D eigenvalue weighted by Crippen LogP contribution is 2.39. The van der Waals surface area contributed by atoms with Crippen molar-refractivity contribution in [2.45, 2.75) is 52.4 Å². The second-order valence-corrected chi connectivity index (χ2v) is 11.2. The molecule has 2 N–H and O–H groups in total. The molecule has 1 aliphatic rings. The highest BCUT2D eigenvalue weighted by Gasteiger charge is 2.37. The minimum absolute atomic E-state index is 0.0575. The zero-order valence-corrected chi connectivity index (χ0v) is 21.2. The van der Waals surface area contributed by atoms with Gasteiger partial charge in [0, 0.05) is 18.7 Å². The van der Waals surface area contributed by atoms with Gasteiger partial charge in [-0.1, -0.05) is 20.8 Å². The Bertz CT molecular complexity index is 1160. The number of hydrogen-bond acceptors (Lipinski definition) is 5. The summed E-state index contributed by atoms with van der Waals surface area (Å²) in [5, 5.41) is 2.69. The van der Waals surface area contributed by atoms with Crippen LogP contribution >= 0.6 is 0 Å². The van der Waals surface area contributed by atoms with Gasteiger partial charge in [0.1, 0.15) is 12.4 Å². The molecular weight excluding hydrogens is 454 g/mol. The first-order valence-corrected chi connectivity index (χ1v) is 12.9. The Labute approximate surface area is 201 Å². The minimum Gasteiger partial charge on any atom is -0.490 e. The number of benzene rings is 2. The zero-order chi connectivity index (χ0) is 25.1. The molecule has 1 heterocycles. The molecule has 0 radical (unpaired) electrons. The maximum atomic E-state index is 13.3. The van der Waals surface area contributed by atoms with Crippen LogP contribution in [0.25, 0.3) is 0 Å². The van der Waals surface area contributed by atoms with Crippen LogP contribution in [0.2, 0.25) is 0 Å². The van der Waals surface area contributed by atoms with E-state index in [9.17, 15) is 18.0 Å². The molecule has 34 heavy (non-hydrogen) atoms. The van der Waals surface area contributed by atoms with Gasteiger partial charge in [0.2, 0.25) is 11.8 Å². The summed E-state index contributed by atoms with van der Waals surface area (Å²) in [6, 6.07) is 10.9. The van der Waals surface area contributed by atoms with E-state index >= 15 is 0 Å². The number of fused-ring (bicyclic) bond motifs is 1. The van der Waals surface area contributed by atoms with Crippen LogP contribution in [0.5, 0.6) is 5.75 Å². The van der Waals surface area contributed by atoms with Crippen molar-refractivity contribution in [2.75, 3.05) is 28.1 Å². The third-order valence-electron chi connectivity index (χ3n) is 5.61. The number of rotatable bonds is 8. The number of amides is 2. The molecule has 0 fully saturated rings. The lowest BCUT2D eigenvalue weighted by atomic mass is 9.92. The number of sulfonamides is 1. The quantitative estimate of drug-likeness (QED) is 0.565. The van der Waals surface area contributed by atoms with Gasteiger partial charge in [0.25, 0.3) is 10.0 Å². The molecule has 8 nitrogen and oxygen atoms in total. The maximum Gasteiger partial charge on any atom is 0.261 e. The minimum atomic E-state index is -3.89. The summed E-state index contributed by atoms with van der Waals surface area (Å²) in [6.07, 6.45) is 1.13. The summed E-state index contributed by atoms with van der Waals surface area (Å²) in [7, 11) is -3.89. The molecule has 1 aliphatic heterocycles. The van der Waals surface area contributed by atoms with Crippen LogP contribution < -0.4 is 19.7 Å². The van der Waals surface area contributed by atoms with E-state index in [1.807, 2.05) is 13.8 Å². The van der Waals surface area contributed by atoms with E-state index in [4.69, 9.17) is 4.74 Å². The van der Waals surface area contributed by atoms with Crippen molar-refractivity contribution >= 4 is 38.9 Å². The number of nitrogens with zero attached hydrogens (tertiary/aromatic N) is 1. The summed E-state index contributed by atoms with van der Waals surface area (Å²) in [4.78, 5) is 26.6. The van der Waals surface area contributed by atoms with Crippen LogP contribution in [0, 0.1) is 11.3 Å². The molecule has 9 heteroatoms. The van der Waals surface area contributed by atoms with Crippen molar-refractivity contribution in [3.8, 4) is 5.75 Å². The molecule has 0 unspecified atom stereocenters. The molecule has 0 saturated heterocycles. The van der Waals surface area contributed by atoms with E-state index in [1.54, 1.807) is 42.2 Å². The van der Waals surface area contributed by atoms with Crippen molar-refractivity contribution in [1.82, 2.24) is 0 Å². The van der Waals surface area contributed by atoms with Crippen molar-refractivity contribution in [2.24, 2.45) is 11.3 Å². The van der Waals surface area contributed by atoms with Gasteiger partial charge in [0.15, 0.2) is 0 Å². The SMILES string of the molecule is CCC(=O)Nc1ccc(S(=O)(=O)Nc2ccc3c(c2)N(CCC(C)C)C(=O)C(C)(C)CO3)cc1. The summed E-state index contributed by atoms with van der Waals surface area (Å²) in [5.41, 5.74) is 0.696. The Morgan fingerprint density at radius 2 is 1.76 bits per heavy atom. The lowest BCUT2D eigenvalue weighted by molar-refractivity contribution is -0.127. The summed E-state index contributed by atoms with van der Waals surface area (Å²) < 4.78 is 34.5. The summed E-state index contributed by atoms with van der Waals surface area (Å²) in [6.45, 7) is 10.4. The topological polar surface area (TPSA) is 105 Å². The second-order valence-electron chi connectivity index (χ2n) is 9.53. The van der Waals surface area contributed by atoms with Gasteiger partial charge in [0.05, 0.1) is 21.7 Å². The average molecular weight is 488 g/mol. The van der Waals surface area contributed by atoms with Crippen molar-refractivity contribution in [1.29, 1.82) is 0 Å². The molecule has 2 aromatic rings. The smallest absolute Gasteiger partial charge is 0.261 e. The van der Waals surface area contributed by atoms with E-state index in [0.717, 1.165) is 6.42 Å². The number of nitrogens with one attached hydrogen (secondary N) is 2. The number of anilines is 3. The van der Waals surface area contributed by atoms with Gasteiger partial charge in [-0.15, -0.1) is 0 Å². The standard InChI is InChI=1S/C25H33N3O5S/c1-6-23(29)26-18-7-10-20(11-8-18)34(31,32)27-19-9-12-22-21(15-19)28(14-13-17(2)3)24(30)25(4,5)16-33-22/h7-12,15,17,27H,6,13-14,16H2,1-5H3,(H,26,29). The molecule has 0 spiro atoms. The maximum absolute atomic E-state index is 13.3. The number of ether oxygens (including phenoxy) is 1. The van der Waals surface area contributed by atoms with Gasteiger partial charge >= 0.3 is 0 Å². The summed E-state index contributed by atoms with van der Waals surface area (Å²) >= 11 is 0. The van der Waals surface area contributed by atoms with E-state index < -0.39 is 15.4 Å². The first kappa shape index (κ1) is 25.6. The largest absolute Gasteiger partial charge is 0.490 e. The fraction of sp³-hybridized carbons (Fsp3) is 0.440. The number of carbonyl (C=O) groups is 2. The van der Waals surface area contributed by atoms with Crippen LogP contribution in [0.3, 0.4) is 0 Å². The van der Waals surface area contributed by atoms with Crippen molar-refractivity contribution < 1.29 is 22.7 Å². The predicted octanol–water partition coefficient (Wildman–Crippen LogP) is 4.63. The van der Waals surface area contributed by atoms with E-state index in [2.05, 4.69) is 23.9 Å². The van der Waals surface area contributed by atoms with Crippen molar-refractivity contribution in [3.05, 3.63) is 42.5 Å². The molecule has 0 atom stereocenters. The van der Waals surface area contributed by atoms with Crippen molar-refractivity contribution in [3.63, 3.8) is 0 Å². The van der Waals surface area contributed by atoms with Gasteiger partial charge in [-0.25, -0.2) is 8.42 Å². The molecule has 3 rings (SSSR count). The zero-order valence-electron chi connectivity index (χ0n) is 20.3. The molecule has 2 aromatic carbocycles. The van der Waals surface area contributed by atoms with Crippen LogP contribution in [0.4, 0.5) is 17.1 Å². The fourth-order valence-electron chi connectivity index (χ4n) is 3.50. The third kappa shape index (κ3) is 5.88. The number of hydrogen-bond donors (Lipinski definition) is 2. The van der Waals surface area contributed by atoms with Gasteiger partial charge < -0.3 is 15.0 Å². The highest BCUT2D eigenvalue weighted by molar-refractivity contribution is 7.92. The first-order valence-electron chi connectivity index (χ1n) is 11.4. The highest BCUT2D eigenvalue weighted by atomic mass is 32.2. The molecule has 0 aromatic heterocycles. The van der Waals surface area contributed by atoms with Gasteiger partial charge in [-0.2, -0.15) is 0 Å². The molecule has 0 aliphatic carbocycles. The van der Waals surface area contributed by atoms with Crippen LogP contribution in [-0.4, -0.2) is 33.4 Å². The average Bonchev–Trinajstić information content (AvgIpc) is 2.86.